The molecule has 4 heterocycles. The molecule has 4 aromatic rings. The number of anilines is 1. The number of aryl methyl sites for hydroxylation is 1. The number of nitrogens with zero attached hydrogens (tertiary/aromatic N) is 5. The van der Waals surface area contributed by atoms with Crippen molar-refractivity contribution in [3.63, 3.8) is 0 Å². The van der Waals surface area contributed by atoms with Gasteiger partial charge < -0.3 is 10.5 Å². The quantitative estimate of drug-likeness (QED) is 0.453. The van der Waals surface area contributed by atoms with Gasteiger partial charge in [0, 0.05) is 31.3 Å². The van der Waals surface area contributed by atoms with Gasteiger partial charge in [0.25, 0.3) is 4.21 Å². The molecule has 0 spiro atoms. The summed E-state index contributed by atoms with van der Waals surface area (Å²) in [5.41, 5.74) is 11.6. The Morgan fingerprint density at radius 1 is 1.38 bits per heavy atom. The van der Waals surface area contributed by atoms with Crippen LogP contribution in [0.3, 0.4) is 0 Å². The molecule has 1 unspecified atom stereocenters. The summed E-state index contributed by atoms with van der Waals surface area (Å²) in [7, 11) is 3.45. The smallest absolute Gasteiger partial charge is 0.269 e. The molecule has 0 saturated heterocycles. The normalized spacial score (nSPS) is 15.4. The molecular formula is C19H21N6O2S2+. The summed E-state index contributed by atoms with van der Waals surface area (Å²) in [6.45, 7) is 0.491. The molecule has 1 atom stereocenters. The van der Waals surface area contributed by atoms with Gasteiger partial charge in [0.05, 0.1) is 12.3 Å². The van der Waals surface area contributed by atoms with Crippen LogP contribution in [0, 0.1) is 0 Å². The first-order chi connectivity index (χ1) is 14.1. The van der Waals surface area contributed by atoms with Crippen molar-refractivity contribution >= 4 is 49.6 Å². The van der Waals surface area contributed by atoms with E-state index in [1.165, 1.54) is 16.9 Å². The fourth-order valence-corrected chi connectivity index (χ4v) is 6.09. The van der Waals surface area contributed by atoms with E-state index < -0.39 is 11.2 Å². The van der Waals surface area contributed by atoms with Crippen molar-refractivity contribution in [1.29, 1.82) is 0 Å². The molecule has 0 bridgehead atoms. The second-order valence-electron chi connectivity index (χ2n) is 7.20. The van der Waals surface area contributed by atoms with Gasteiger partial charge in [-0.1, -0.05) is 16.6 Å². The summed E-state index contributed by atoms with van der Waals surface area (Å²) in [4.78, 5) is 10.2. The van der Waals surface area contributed by atoms with Crippen molar-refractivity contribution < 1.29 is 9.29 Å². The van der Waals surface area contributed by atoms with Crippen LogP contribution in [0.1, 0.15) is 24.3 Å². The van der Waals surface area contributed by atoms with Crippen LogP contribution in [0.15, 0.2) is 22.5 Å². The van der Waals surface area contributed by atoms with Crippen LogP contribution in [0.5, 0.6) is 0 Å². The summed E-state index contributed by atoms with van der Waals surface area (Å²) in [5.74, 6) is 1.03. The first-order valence-corrected chi connectivity index (χ1v) is 11.5. The predicted octanol–water partition coefficient (Wildman–Crippen LogP) is 3.20. The number of aromatic nitrogens is 5. The van der Waals surface area contributed by atoms with Gasteiger partial charge in [0.1, 0.15) is 16.0 Å². The second kappa shape index (κ2) is 7.21. The molecule has 8 nitrogen and oxygen atoms in total. The zero-order valence-corrected chi connectivity index (χ0v) is 17.8. The Morgan fingerprint density at radius 2 is 2.21 bits per heavy atom. The molecule has 0 aromatic carbocycles. The van der Waals surface area contributed by atoms with Crippen molar-refractivity contribution in [3.05, 3.63) is 23.9 Å². The SMILES string of the molecule is COCC[S+](O)c1sc2nc(-c3cnc4c(c3)nnn4C)cc(C3CC3)c2c1N. The second-order valence-corrected chi connectivity index (χ2v) is 10.00. The van der Waals surface area contributed by atoms with Crippen molar-refractivity contribution in [2.75, 3.05) is 25.2 Å². The molecule has 1 aliphatic rings. The molecule has 10 heteroatoms. The van der Waals surface area contributed by atoms with Crippen LogP contribution in [0.2, 0.25) is 0 Å². The highest BCUT2D eigenvalue weighted by atomic mass is 32.2. The zero-order chi connectivity index (χ0) is 20.1. The van der Waals surface area contributed by atoms with E-state index in [9.17, 15) is 4.55 Å². The Morgan fingerprint density at radius 3 is 2.97 bits per heavy atom. The number of thiophene rings is 1. The largest absolute Gasteiger partial charge is 0.393 e. The summed E-state index contributed by atoms with van der Waals surface area (Å²) < 4.78 is 18.2. The molecule has 1 fully saturated rings. The first-order valence-electron chi connectivity index (χ1n) is 9.34. The van der Waals surface area contributed by atoms with Crippen LogP contribution < -0.4 is 5.73 Å². The number of nitrogen functional groups attached to an aromatic ring is 1. The minimum atomic E-state index is -0.950. The van der Waals surface area contributed by atoms with Crippen LogP contribution in [-0.2, 0) is 23.0 Å². The van der Waals surface area contributed by atoms with Crippen LogP contribution in [0.25, 0.3) is 32.6 Å². The van der Waals surface area contributed by atoms with E-state index in [4.69, 9.17) is 15.5 Å². The Bertz CT molecular complexity index is 1220. The fourth-order valence-electron chi connectivity index (χ4n) is 3.49. The monoisotopic (exact) mass is 429 g/mol. The van der Waals surface area contributed by atoms with E-state index >= 15 is 0 Å². The number of methoxy groups -OCH3 is 1. The molecule has 0 aliphatic heterocycles. The highest BCUT2D eigenvalue weighted by Crippen LogP contribution is 2.48. The van der Waals surface area contributed by atoms with E-state index in [1.54, 1.807) is 11.8 Å². The predicted molar refractivity (Wildman–Crippen MR) is 116 cm³/mol. The van der Waals surface area contributed by atoms with Gasteiger partial charge in [-0.15, -0.1) is 5.10 Å². The molecule has 0 amide bonds. The molecule has 150 valence electrons. The molecule has 4 aromatic heterocycles. The Hall–Kier alpha value is -2.27. The minimum Gasteiger partial charge on any atom is -0.393 e. The number of fused-ring (bicyclic) bond motifs is 2. The van der Waals surface area contributed by atoms with Crippen molar-refractivity contribution in [3.8, 4) is 11.3 Å². The Kier molecular flexibility index (Phi) is 4.66. The molecule has 1 aliphatic carbocycles. The van der Waals surface area contributed by atoms with Crippen molar-refractivity contribution in [2.24, 2.45) is 7.05 Å². The average molecular weight is 430 g/mol. The maximum absolute atomic E-state index is 10.6. The lowest BCUT2D eigenvalue weighted by atomic mass is 10.0. The van der Waals surface area contributed by atoms with Gasteiger partial charge in [-0.3, -0.25) is 0 Å². The molecule has 1 saturated carbocycles. The van der Waals surface area contributed by atoms with Gasteiger partial charge in [-0.05, 0) is 36.5 Å². The van der Waals surface area contributed by atoms with Crippen molar-refractivity contribution in [1.82, 2.24) is 25.0 Å². The maximum Gasteiger partial charge on any atom is 0.269 e. The zero-order valence-electron chi connectivity index (χ0n) is 16.1. The number of hydrogen-bond donors (Lipinski definition) is 2. The van der Waals surface area contributed by atoms with Crippen LogP contribution >= 0.6 is 11.3 Å². The highest BCUT2D eigenvalue weighted by molar-refractivity contribution is 7.93. The third kappa shape index (κ3) is 3.25. The van der Waals surface area contributed by atoms with E-state index in [0.717, 1.165) is 49.7 Å². The van der Waals surface area contributed by atoms with E-state index in [1.807, 2.05) is 19.3 Å². The lowest BCUT2D eigenvalue weighted by molar-refractivity contribution is 0.217. The third-order valence-corrected chi connectivity index (χ3v) is 8.07. The maximum atomic E-state index is 10.6. The Labute approximate surface area is 174 Å². The topological polar surface area (TPSA) is 112 Å². The highest BCUT2D eigenvalue weighted by Gasteiger charge is 2.33. The summed E-state index contributed by atoms with van der Waals surface area (Å²) in [6, 6.07) is 4.09. The summed E-state index contributed by atoms with van der Waals surface area (Å²) in [6.07, 6.45) is 4.11. The summed E-state index contributed by atoms with van der Waals surface area (Å²) >= 11 is 0.526. The van der Waals surface area contributed by atoms with E-state index in [0.29, 0.717) is 24.0 Å². The number of hydrogen-bond acceptors (Lipinski definition) is 8. The van der Waals surface area contributed by atoms with Gasteiger partial charge in [0.2, 0.25) is 0 Å². The molecule has 29 heavy (non-hydrogen) atoms. The number of nitrogens with two attached hydrogens (primary N) is 1. The standard InChI is InChI=1S/C19H21N6O2S2/c1-25-17-14(23-24-25)7-11(9-21-17)13-8-12(10-3-4-10)15-16(20)19(28-18(15)22-13)29(26)6-5-27-2/h7-10,26H,3-6,20H2,1-2H3/q+1. The van der Waals surface area contributed by atoms with Crippen LogP contribution in [-0.4, -0.2) is 49.0 Å². The van der Waals surface area contributed by atoms with Gasteiger partial charge in [-0.2, -0.15) is 4.55 Å². The molecular weight excluding hydrogens is 408 g/mol. The number of ether oxygens (including phenoxy) is 1. The van der Waals surface area contributed by atoms with Crippen LogP contribution in [0.4, 0.5) is 5.69 Å². The molecule has 5 rings (SSSR count). The number of pyridine rings is 2. The molecule has 3 N–H and O–H groups in total. The van der Waals surface area contributed by atoms with Gasteiger partial charge in [-0.25, -0.2) is 14.6 Å². The lowest BCUT2D eigenvalue weighted by Crippen LogP contribution is -2.11. The third-order valence-electron chi connectivity index (χ3n) is 5.14. The average Bonchev–Trinajstić information content (AvgIpc) is 3.44. The summed E-state index contributed by atoms with van der Waals surface area (Å²) in [5, 5.41) is 9.19. The first kappa shape index (κ1) is 18.7. The van der Waals surface area contributed by atoms with E-state index in [-0.39, 0.29) is 0 Å². The minimum absolute atomic E-state index is 0.491. The van der Waals surface area contributed by atoms with Gasteiger partial charge in [0.15, 0.2) is 22.6 Å². The lowest BCUT2D eigenvalue weighted by Gasteiger charge is -2.07. The fraction of sp³-hybridized carbons (Fsp3) is 0.368. The molecule has 0 radical (unpaired) electrons. The van der Waals surface area contributed by atoms with Crippen molar-refractivity contribution in [2.45, 2.75) is 23.0 Å². The van der Waals surface area contributed by atoms with Gasteiger partial charge >= 0.3 is 0 Å². The van der Waals surface area contributed by atoms with E-state index in [2.05, 4.69) is 21.4 Å². The Balaban J connectivity index is 1.64. The number of rotatable bonds is 6.